The highest BCUT2D eigenvalue weighted by atomic mass is 16.2. The van der Waals surface area contributed by atoms with Gasteiger partial charge in [0.1, 0.15) is 0 Å². The van der Waals surface area contributed by atoms with Gasteiger partial charge in [-0.05, 0) is 54.8 Å². The van der Waals surface area contributed by atoms with Crippen LogP contribution in [-0.4, -0.2) is 39.6 Å². The van der Waals surface area contributed by atoms with Crippen LogP contribution in [-0.2, 0) is 6.54 Å². The molecule has 182 valence electrons. The lowest BCUT2D eigenvalue weighted by molar-refractivity contribution is 0.0548. The first kappa shape index (κ1) is 23.4. The summed E-state index contributed by atoms with van der Waals surface area (Å²) in [5.74, 6) is -1.26. The number of imide groups is 1. The first-order valence-corrected chi connectivity index (χ1v) is 12.1. The van der Waals surface area contributed by atoms with Crippen LogP contribution in [0.5, 0.6) is 0 Å². The minimum Gasteiger partial charge on any atom is -0.348 e. The van der Waals surface area contributed by atoms with Crippen molar-refractivity contribution in [1.82, 2.24) is 15.2 Å². The highest BCUT2D eigenvalue weighted by Gasteiger charge is 2.40. The summed E-state index contributed by atoms with van der Waals surface area (Å²) in [7, 11) is 0. The van der Waals surface area contributed by atoms with Crippen LogP contribution < -0.4 is 10.6 Å². The molecule has 8 heteroatoms. The quantitative estimate of drug-likeness (QED) is 0.512. The molecule has 0 spiro atoms. The maximum Gasteiger partial charge on any atom is 0.261 e. The molecule has 0 radical (unpaired) electrons. The molecule has 1 aliphatic heterocycles. The highest BCUT2D eigenvalue weighted by molar-refractivity contribution is 6.22. The van der Waals surface area contributed by atoms with Gasteiger partial charge < -0.3 is 10.6 Å². The molecule has 2 aromatic carbocycles. The highest BCUT2D eigenvalue weighted by Crippen LogP contribution is 2.31. The van der Waals surface area contributed by atoms with E-state index in [4.69, 9.17) is 0 Å². The Morgan fingerprint density at radius 3 is 2.42 bits per heavy atom. The van der Waals surface area contributed by atoms with Gasteiger partial charge in [0.05, 0.1) is 16.7 Å². The summed E-state index contributed by atoms with van der Waals surface area (Å²) in [6.07, 6.45) is 7.88. The second kappa shape index (κ2) is 10.1. The summed E-state index contributed by atoms with van der Waals surface area (Å²) in [5, 5.41) is 5.70. The van der Waals surface area contributed by atoms with Gasteiger partial charge in [0.15, 0.2) is 0 Å². The fourth-order valence-corrected chi connectivity index (χ4v) is 4.84. The number of fused-ring (bicyclic) bond motifs is 1. The van der Waals surface area contributed by atoms with E-state index < -0.39 is 0 Å². The smallest absolute Gasteiger partial charge is 0.261 e. The van der Waals surface area contributed by atoms with E-state index in [-0.39, 0.29) is 41.8 Å². The first-order valence-electron chi connectivity index (χ1n) is 12.1. The molecule has 2 N–H and O–H groups in total. The van der Waals surface area contributed by atoms with E-state index in [2.05, 4.69) is 15.6 Å². The lowest BCUT2D eigenvalue weighted by atomic mass is 9.94. The van der Waals surface area contributed by atoms with Crippen LogP contribution in [0.25, 0.3) is 0 Å². The Balaban J connectivity index is 1.27. The van der Waals surface area contributed by atoms with Crippen LogP contribution in [0.3, 0.4) is 0 Å². The van der Waals surface area contributed by atoms with Gasteiger partial charge >= 0.3 is 0 Å². The van der Waals surface area contributed by atoms with Gasteiger partial charge in [0, 0.05) is 36.2 Å². The van der Waals surface area contributed by atoms with Crippen molar-refractivity contribution in [1.29, 1.82) is 0 Å². The lowest BCUT2D eigenvalue weighted by Crippen LogP contribution is -2.40. The van der Waals surface area contributed by atoms with Crippen molar-refractivity contribution in [2.24, 2.45) is 0 Å². The van der Waals surface area contributed by atoms with Gasteiger partial charge in [-0.15, -0.1) is 0 Å². The molecule has 2 heterocycles. The Morgan fingerprint density at radius 2 is 1.64 bits per heavy atom. The molecule has 0 saturated heterocycles. The maximum atomic E-state index is 13.1. The molecule has 0 unspecified atom stereocenters. The van der Waals surface area contributed by atoms with Crippen molar-refractivity contribution >= 4 is 29.3 Å². The third kappa shape index (κ3) is 4.62. The molecule has 4 amide bonds. The van der Waals surface area contributed by atoms with Gasteiger partial charge in [-0.3, -0.25) is 29.1 Å². The fourth-order valence-electron chi connectivity index (χ4n) is 4.84. The summed E-state index contributed by atoms with van der Waals surface area (Å²) in [4.78, 5) is 56.7. The number of hydrogen-bond acceptors (Lipinski definition) is 5. The number of aromatic nitrogens is 1. The molecule has 36 heavy (non-hydrogen) atoms. The zero-order valence-corrected chi connectivity index (χ0v) is 19.7. The normalized spacial score (nSPS) is 15.5. The number of benzene rings is 2. The molecule has 0 bridgehead atoms. The Bertz CT molecular complexity index is 1330. The number of nitrogens with zero attached hydrogens (tertiary/aromatic N) is 2. The number of anilines is 1. The summed E-state index contributed by atoms with van der Waals surface area (Å²) in [5.41, 5.74) is 2.66. The first-order chi connectivity index (χ1) is 17.5. The number of para-hydroxylation sites is 1. The average molecular weight is 483 g/mol. The molecular weight excluding hydrogens is 456 g/mol. The van der Waals surface area contributed by atoms with Gasteiger partial charge in [0.25, 0.3) is 23.6 Å². The van der Waals surface area contributed by atoms with Crippen molar-refractivity contribution in [3.05, 3.63) is 94.8 Å². The molecule has 2 aliphatic rings. The predicted molar refractivity (Wildman–Crippen MR) is 134 cm³/mol. The molecule has 0 atom stereocenters. The number of carbonyl (C=O) groups excluding carboxylic acids is 4. The fraction of sp³-hybridized carbons (Fsp3) is 0.250. The van der Waals surface area contributed by atoms with Crippen LogP contribution in [0.1, 0.15) is 79.1 Å². The van der Waals surface area contributed by atoms with E-state index in [1.807, 2.05) is 12.1 Å². The van der Waals surface area contributed by atoms with Gasteiger partial charge in [-0.25, -0.2) is 0 Å². The average Bonchev–Trinajstić information content (AvgIpc) is 3.17. The Labute approximate surface area is 208 Å². The number of nitrogens with one attached hydrogen (secondary N) is 2. The van der Waals surface area contributed by atoms with Gasteiger partial charge in [-0.1, -0.05) is 37.5 Å². The van der Waals surface area contributed by atoms with E-state index in [9.17, 15) is 19.2 Å². The Kier molecular flexibility index (Phi) is 6.58. The zero-order valence-electron chi connectivity index (χ0n) is 19.7. The van der Waals surface area contributed by atoms with Crippen molar-refractivity contribution in [3.8, 4) is 0 Å². The van der Waals surface area contributed by atoms with E-state index in [1.54, 1.807) is 42.6 Å². The largest absolute Gasteiger partial charge is 0.348 e. The number of hydrogen-bond donors (Lipinski definition) is 2. The van der Waals surface area contributed by atoms with Crippen LogP contribution in [0.15, 0.2) is 67.0 Å². The van der Waals surface area contributed by atoms with Gasteiger partial charge in [-0.2, -0.15) is 0 Å². The predicted octanol–water partition coefficient (Wildman–Crippen LogP) is 4.19. The number of carbonyl (C=O) groups is 4. The van der Waals surface area contributed by atoms with Crippen molar-refractivity contribution in [2.75, 3.05) is 5.32 Å². The van der Waals surface area contributed by atoms with Crippen molar-refractivity contribution in [3.63, 3.8) is 0 Å². The number of pyridine rings is 1. The number of rotatable bonds is 6. The van der Waals surface area contributed by atoms with Gasteiger partial charge in [0.2, 0.25) is 0 Å². The second-order valence-electron chi connectivity index (χ2n) is 9.07. The second-order valence-corrected chi connectivity index (χ2v) is 9.07. The van der Waals surface area contributed by atoms with Crippen molar-refractivity contribution < 1.29 is 19.2 Å². The monoisotopic (exact) mass is 482 g/mol. The van der Waals surface area contributed by atoms with E-state index in [0.717, 1.165) is 37.7 Å². The SMILES string of the molecule is O=C(NCc1ccccc1NC(=O)c1cccnc1)c1ccc2c(c1)C(=O)N(C1CCCCC1)C2=O. The summed E-state index contributed by atoms with van der Waals surface area (Å²) in [6.45, 7) is 0.167. The summed E-state index contributed by atoms with van der Waals surface area (Å²) in [6, 6.07) is 15.1. The Morgan fingerprint density at radius 1 is 0.861 bits per heavy atom. The van der Waals surface area contributed by atoms with Crippen LogP contribution in [0.2, 0.25) is 0 Å². The summed E-state index contributed by atoms with van der Waals surface area (Å²) >= 11 is 0. The standard InChI is InChI=1S/C28H26N4O4/c33-25(30-17-19-7-4-5-11-24(19)31-26(34)20-8-6-14-29-16-20)18-12-13-22-23(15-18)28(36)32(27(22)35)21-9-2-1-3-10-21/h4-8,11-16,21H,1-3,9-10,17H2,(H,30,33)(H,31,34). The maximum absolute atomic E-state index is 13.1. The molecule has 1 saturated carbocycles. The van der Waals surface area contributed by atoms with E-state index in [1.165, 1.54) is 17.2 Å². The number of amides is 4. The van der Waals surface area contributed by atoms with Crippen LogP contribution in [0, 0.1) is 0 Å². The van der Waals surface area contributed by atoms with Crippen LogP contribution in [0.4, 0.5) is 5.69 Å². The topological polar surface area (TPSA) is 108 Å². The molecule has 1 fully saturated rings. The molecular formula is C28H26N4O4. The molecule has 5 rings (SSSR count). The van der Waals surface area contributed by atoms with E-state index >= 15 is 0 Å². The molecule has 1 aromatic heterocycles. The van der Waals surface area contributed by atoms with Crippen LogP contribution >= 0.6 is 0 Å². The van der Waals surface area contributed by atoms with Crippen molar-refractivity contribution in [2.45, 2.75) is 44.7 Å². The minimum absolute atomic E-state index is 0.0678. The summed E-state index contributed by atoms with van der Waals surface area (Å²) < 4.78 is 0. The lowest BCUT2D eigenvalue weighted by Gasteiger charge is -2.29. The Hall–Kier alpha value is -4.33. The molecule has 8 nitrogen and oxygen atoms in total. The minimum atomic E-state index is -0.373. The molecule has 1 aliphatic carbocycles. The zero-order chi connectivity index (χ0) is 25.1. The molecule has 3 aromatic rings. The third-order valence-electron chi connectivity index (χ3n) is 6.75. The third-order valence-corrected chi connectivity index (χ3v) is 6.75. The van der Waals surface area contributed by atoms with E-state index in [0.29, 0.717) is 22.4 Å².